The van der Waals surface area contributed by atoms with Gasteiger partial charge >= 0.3 is 0 Å². The number of hydrogen-bond donors (Lipinski definition) is 1. The first kappa shape index (κ1) is 18.7. The van der Waals surface area contributed by atoms with Gasteiger partial charge in [0, 0.05) is 18.0 Å². The average Bonchev–Trinajstić information content (AvgIpc) is 2.72. The second-order valence-corrected chi connectivity index (χ2v) is 8.50. The van der Waals surface area contributed by atoms with Crippen molar-refractivity contribution >= 4 is 29.3 Å². The van der Waals surface area contributed by atoms with Crippen LogP contribution < -0.4 is 14.8 Å². The quantitative estimate of drug-likeness (QED) is 0.805. The van der Waals surface area contributed by atoms with Crippen molar-refractivity contribution in [2.24, 2.45) is 0 Å². The zero-order valence-corrected chi connectivity index (χ0v) is 16.9. The van der Waals surface area contributed by atoms with Crippen LogP contribution in [0.15, 0.2) is 41.3 Å². The summed E-state index contributed by atoms with van der Waals surface area (Å²) in [5.41, 5.74) is 2.91. The third kappa shape index (κ3) is 2.99. The van der Waals surface area contributed by atoms with E-state index in [2.05, 4.69) is 5.32 Å². The van der Waals surface area contributed by atoms with Gasteiger partial charge in [0.1, 0.15) is 0 Å². The van der Waals surface area contributed by atoms with E-state index in [1.54, 1.807) is 26.0 Å². The fraction of sp³-hybridized carbons (Fsp3) is 0.333. The maximum atomic E-state index is 13.4. The molecule has 28 heavy (non-hydrogen) atoms. The zero-order valence-electron chi connectivity index (χ0n) is 16.1. The van der Waals surface area contributed by atoms with Crippen molar-refractivity contribution in [2.45, 2.75) is 29.5 Å². The molecule has 0 bridgehead atoms. The Kier molecular flexibility index (Phi) is 4.71. The lowest BCUT2D eigenvalue weighted by molar-refractivity contribution is -0.138. The normalized spacial score (nSPS) is 20.7. The summed E-state index contributed by atoms with van der Waals surface area (Å²) in [5.74, 6) is 0.872. The lowest BCUT2D eigenvalue weighted by Crippen LogP contribution is -2.54. The molecule has 0 radical (unpaired) electrons. The lowest BCUT2D eigenvalue weighted by atomic mass is 9.97. The topological polar surface area (TPSA) is 67.9 Å². The third-order valence-electron chi connectivity index (χ3n) is 5.30. The number of rotatable bonds is 3. The number of methoxy groups -OCH3 is 2. The predicted octanol–water partition coefficient (Wildman–Crippen LogP) is 3.09. The van der Waals surface area contributed by atoms with E-state index in [0.29, 0.717) is 31.0 Å². The predicted molar refractivity (Wildman–Crippen MR) is 108 cm³/mol. The van der Waals surface area contributed by atoms with E-state index in [0.717, 1.165) is 21.7 Å². The van der Waals surface area contributed by atoms with Crippen LogP contribution in [0.3, 0.4) is 0 Å². The fourth-order valence-corrected chi connectivity index (χ4v) is 4.84. The summed E-state index contributed by atoms with van der Waals surface area (Å²) >= 11 is 1.32. The second-order valence-electron chi connectivity index (χ2n) is 7.04. The maximum absolute atomic E-state index is 13.4. The summed E-state index contributed by atoms with van der Waals surface area (Å²) in [7, 11) is 3.21. The molecule has 0 aliphatic carbocycles. The van der Waals surface area contributed by atoms with Crippen LogP contribution in [0.5, 0.6) is 11.5 Å². The molecule has 146 valence electrons. The first-order chi connectivity index (χ1) is 13.5. The van der Waals surface area contributed by atoms with Gasteiger partial charge in [-0.05, 0) is 48.7 Å². The van der Waals surface area contributed by atoms with E-state index >= 15 is 0 Å². The summed E-state index contributed by atoms with van der Waals surface area (Å²) in [6.45, 7) is 2.71. The Balaban J connectivity index is 1.61. The molecule has 2 heterocycles. The molecule has 0 saturated carbocycles. The highest BCUT2D eigenvalue weighted by atomic mass is 32.2. The van der Waals surface area contributed by atoms with Crippen LogP contribution in [0.1, 0.15) is 18.1 Å². The van der Waals surface area contributed by atoms with Crippen molar-refractivity contribution in [3.8, 4) is 11.5 Å². The molecule has 6 nitrogen and oxygen atoms in total. The van der Waals surface area contributed by atoms with Crippen molar-refractivity contribution in [1.29, 1.82) is 0 Å². The van der Waals surface area contributed by atoms with Gasteiger partial charge in [0.15, 0.2) is 16.2 Å². The van der Waals surface area contributed by atoms with Gasteiger partial charge in [-0.2, -0.15) is 0 Å². The van der Waals surface area contributed by atoms with Crippen LogP contribution in [-0.2, 0) is 22.6 Å². The Morgan fingerprint density at radius 2 is 1.82 bits per heavy atom. The number of para-hydroxylation sites is 1. The number of ether oxygens (including phenoxy) is 2. The number of anilines is 1. The van der Waals surface area contributed by atoms with Gasteiger partial charge in [0.25, 0.3) is 0 Å². The minimum Gasteiger partial charge on any atom is -0.493 e. The first-order valence-corrected chi connectivity index (χ1v) is 9.90. The van der Waals surface area contributed by atoms with Crippen molar-refractivity contribution in [1.82, 2.24) is 4.90 Å². The van der Waals surface area contributed by atoms with E-state index < -0.39 is 4.75 Å². The zero-order chi connectivity index (χ0) is 19.9. The van der Waals surface area contributed by atoms with Crippen LogP contribution in [-0.4, -0.2) is 42.2 Å². The standard InChI is InChI=1S/C21H22N2O4S/c1-21(19(24)22-15-6-4-5-7-18(15)28-21)20(25)23-9-8-13-10-16(26-2)17(27-3)11-14(13)12-23/h4-7,10-11H,8-9,12H2,1-3H3,(H,22,24). The molecule has 4 rings (SSSR count). The number of fused-ring (bicyclic) bond motifs is 2. The number of benzene rings is 2. The minimum absolute atomic E-state index is 0.176. The van der Waals surface area contributed by atoms with Gasteiger partial charge in [0.05, 0.1) is 19.9 Å². The Morgan fingerprint density at radius 1 is 1.14 bits per heavy atom. The largest absolute Gasteiger partial charge is 0.493 e. The molecule has 2 aliphatic heterocycles. The second kappa shape index (κ2) is 7.05. The number of carbonyl (C=O) groups excluding carboxylic acids is 2. The molecule has 0 aromatic heterocycles. The Bertz CT molecular complexity index is 961. The first-order valence-electron chi connectivity index (χ1n) is 9.09. The monoisotopic (exact) mass is 398 g/mol. The Morgan fingerprint density at radius 3 is 2.54 bits per heavy atom. The van der Waals surface area contributed by atoms with Gasteiger partial charge in [-0.15, -0.1) is 0 Å². The molecule has 0 saturated heterocycles. The molecule has 0 spiro atoms. The number of hydrogen-bond acceptors (Lipinski definition) is 5. The van der Waals surface area contributed by atoms with Crippen LogP contribution >= 0.6 is 11.8 Å². The number of carbonyl (C=O) groups is 2. The van der Waals surface area contributed by atoms with Crippen molar-refractivity contribution in [3.05, 3.63) is 47.5 Å². The third-order valence-corrected chi connectivity index (χ3v) is 6.64. The van der Waals surface area contributed by atoms with Gasteiger partial charge in [-0.3, -0.25) is 9.59 Å². The molecule has 2 amide bonds. The Hall–Kier alpha value is -2.67. The van der Waals surface area contributed by atoms with Crippen LogP contribution in [0.2, 0.25) is 0 Å². The molecule has 0 fully saturated rings. The summed E-state index contributed by atoms with van der Waals surface area (Å²) in [5, 5.41) is 2.88. The summed E-state index contributed by atoms with van der Waals surface area (Å²) in [4.78, 5) is 28.8. The van der Waals surface area contributed by atoms with Crippen molar-refractivity contribution in [2.75, 3.05) is 26.1 Å². The van der Waals surface area contributed by atoms with Crippen molar-refractivity contribution in [3.63, 3.8) is 0 Å². The molecule has 1 N–H and O–H groups in total. The van der Waals surface area contributed by atoms with E-state index in [-0.39, 0.29) is 11.8 Å². The molecule has 2 aliphatic rings. The number of thioether (sulfide) groups is 1. The van der Waals surface area contributed by atoms with Gasteiger partial charge in [-0.25, -0.2) is 0 Å². The number of amides is 2. The molecule has 7 heteroatoms. The van der Waals surface area contributed by atoms with Crippen LogP contribution in [0.25, 0.3) is 0 Å². The highest BCUT2D eigenvalue weighted by molar-refractivity contribution is 8.02. The SMILES string of the molecule is COc1cc2c(cc1OC)CN(C(=O)C1(C)Sc3ccccc3NC1=O)CC2. The maximum Gasteiger partial charge on any atom is 0.250 e. The summed E-state index contributed by atoms with van der Waals surface area (Å²) < 4.78 is 9.57. The molecular formula is C21H22N2O4S. The summed E-state index contributed by atoms with van der Waals surface area (Å²) in [6.07, 6.45) is 0.709. The van der Waals surface area contributed by atoms with Crippen LogP contribution in [0, 0.1) is 0 Å². The molecule has 1 atom stereocenters. The highest BCUT2D eigenvalue weighted by Gasteiger charge is 2.48. The van der Waals surface area contributed by atoms with Gasteiger partial charge in [0.2, 0.25) is 11.8 Å². The van der Waals surface area contributed by atoms with Gasteiger partial charge < -0.3 is 19.7 Å². The van der Waals surface area contributed by atoms with E-state index in [4.69, 9.17) is 9.47 Å². The van der Waals surface area contributed by atoms with E-state index in [9.17, 15) is 9.59 Å². The van der Waals surface area contributed by atoms with Crippen molar-refractivity contribution < 1.29 is 19.1 Å². The molecule has 2 aromatic carbocycles. The number of nitrogens with one attached hydrogen (secondary N) is 1. The average molecular weight is 398 g/mol. The van der Waals surface area contributed by atoms with Crippen LogP contribution in [0.4, 0.5) is 5.69 Å². The highest BCUT2D eigenvalue weighted by Crippen LogP contribution is 2.44. The van der Waals surface area contributed by atoms with E-state index in [1.165, 1.54) is 11.8 Å². The molecule has 2 aromatic rings. The minimum atomic E-state index is -1.19. The fourth-order valence-electron chi connectivity index (χ4n) is 3.67. The Labute approximate surface area is 168 Å². The molecule has 1 unspecified atom stereocenters. The number of nitrogens with zero attached hydrogens (tertiary/aromatic N) is 1. The van der Waals surface area contributed by atoms with Gasteiger partial charge in [-0.1, -0.05) is 23.9 Å². The summed E-state index contributed by atoms with van der Waals surface area (Å²) in [6, 6.07) is 11.4. The lowest BCUT2D eigenvalue weighted by Gasteiger charge is -2.38. The smallest absolute Gasteiger partial charge is 0.250 e. The molecular weight excluding hydrogens is 376 g/mol. The van der Waals surface area contributed by atoms with E-state index in [1.807, 2.05) is 36.4 Å².